The van der Waals surface area contributed by atoms with Crippen LogP contribution in [0, 0.1) is 6.92 Å². The third kappa shape index (κ3) is 2.75. The Morgan fingerprint density at radius 2 is 2.17 bits per heavy atom. The van der Waals surface area contributed by atoms with Crippen molar-refractivity contribution >= 4 is 23.5 Å². The number of phenolic OH excluding ortho intramolecular Hbond substituents is 1. The Morgan fingerprint density at radius 3 is 2.83 bits per heavy atom. The fourth-order valence-electron chi connectivity index (χ4n) is 1.32. The minimum Gasteiger partial charge on any atom is -0.508 e. The van der Waals surface area contributed by atoms with Crippen molar-refractivity contribution in [3.8, 4) is 5.75 Å². The molecule has 0 unspecified atom stereocenters. The summed E-state index contributed by atoms with van der Waals surface area (Å²) in [6.45, 7) is 1.75. The number of rotatable bonds is 2. The number of benzene rings is 1. The average Bonchev–Trinajstić information content (AvgIpc) is 2.32. The lowest BCUT2D eigenvalue weighted by atomic mass is 10.1. The van der Waals surface area contributed by atoms with Gasteiger partial charge < -0.3 is 5.11 Å². The molecule has 1 amide bonds. The first-order valence-corrected chi connectivity index (χ1v) is 5.53. The number of anilines is 1. The lowest BCUT2D eigenvalue weighted by molar-refractivity contribution is 0.102. The monoisotopic (exact) mass is 263 g/mol. The summed E-state index contributed by atoms with van der Waals surface area (Å²) >= 11 is 5.68. The van der Waals surface area contributed by atoms with Gasteiger partial charge in [-0.25, -0.2) is 9.97 Å². The minimum absolute atomic E-state index is 0.0645. The fourth-order valence-corrected chi connectivity index (χ4v) is 1.46. The zero-order valence-corrected chi connectivity index (χ0v) is 10.3. The van der Waals surface area contributed by atoms with Gasteiger partial charge in [-0.2, -0.15) is 0 Å². The van der Waals surface area contributed by atoms with Crippen LogP contribution in [-0.2, 0) is 0 Å². The van der Waals surface area contributed by atoms with E-state index in [4.69, 9.17) is 11.6 Å². The molecule has 2 rings (SSSR count). The maximum atomic E-state index is 11.8. The zero-order chi connectivity index (χ0) is 13.1. The van der Waals surface area contributed by atoms with Crippen molar-refractivity contribution in [2.45, 2.75) is 6.92 Å². The highest BCUT2D eigenvalue weighted by molar-refractivity contribution is 6.29. The molecule has 2 N–H and O–H groups in total. The van der Waals surface area contributed by atoms with Crippen molar-refractivity contribution in [1.29, 1.82) is 0 Å². The van der Waals surface area contributed by atoms with E-state index in [0.29, 0.717) is 11.1 Å². The summed E-state index contributed by atoms with van der Waals surface area (Å²) in [7, 11) is 0. The smallest absolute Gasteiger partial charge is 0.258 e. The van der Waals surface area contributed by atoms with Crippen LogP contribution < -0.4 is 5.32 Å². The summed E-state index contributed by atoms with van der Waals surface area (Å²) in [6, 6.07) is 6.15. The molecule has 0 saturated heterocycles. The highest BCUT2D eigenvalue weighted by atomic mass is 35.5. The highest BCUT2D eigenvalue weighted by Gasteiger charge is 2.09. The third-order valence-electron chi connectivity index (χ3n) is 2.32. The van der Waals surface area contributed by atoms with Crippen molar-refractivity contribution in [3.63, 3.8) is 0 Å². The second-order valence-electron chi connectivity index (χ2n) is 3.66. The number of aromatic nitrogens is 2. The van der Waals surface area contributed by atoms with Gasteiger partial charge in [0.1, 0.15) is 10.9 Å². The molecule has 0 spiro atoms. The molecule has 0 atom stereocenters. The molecule has 6 heteroatoms. The summed E-state index contributed by atoms with van der Waals surface area (Å²) < 4.78 is 0. The van der Waals surface area contributed by atoms with Crippen LogP contribution in [0.25, 0.3) is 0 Å². The van der Waals surface area contributed by atoms with Crippen LogP contribution >= 0.6 is 11.6 Å². The summed E-state index contributed by atoms with van der Waals surface area (Å²) in [5, 5.41) is 12.3. The molecule has 5 nitrogen and oxygen atoms in total. The summed E-state index contributed by atoms with van der Waals surface area (Å²) in [6.07, 6.45) is 1.44. The Morgan fingerprint density at radius 1 is 1.39 bits per heavy atom. The standard InChI is InChI=1S/C12H10ClN3O2/c1-7-2-3-8(6-9(7)17)11(18)16-12-14-5-4-10(13)15-12/h2-6,17H,1H3,(H,14,15,16,18). The van der Waals surface area contributed by atoms with Crippen LogP contribution in [-0.4, -0.2) is 21.0 Å². The van der Waals surface area contributed by atoms with E-state index in [9.17, 15) is 9.90 Å². The van der Waals surface area contributed by atoms with Crippen LogP contribution in [0.2, 0.25) is 5.15 Å². The minimum atomic E-state index is -0.410. The molecule has 0 aliphatic heterocycles. The number of halogens is 1. The second-order valence-corrected chi connectivity index (χ2v) is 4.05. The molecule has 0 aliphatic rings. The molecule has 0 radical (unpaired) electrons. The quantitative estimate of drug-likeness (QED) is 0.816. The van der Waals surface area contributed by atoms with E-state index in [-0.39, 0.29) is 16.9 Å². The van der Waals surface area contributed by atoms with Crippen molar-refractivity contribution in [2.24, 2.45) is 0 Å². The maximum Gasteiger partial charge on any atom is 0.258 e. The van der Waals surface area contributed by atoms with E-state index in [1.54, 1.807) is 19.1 Å². The molecule has 1 aromatic carbocycles. The van der Waals surface area contributed by atoms with E-state index in [1.807, 2.05) is 0 Å². The molecule has 0 aliphatic carbocycles. The maximum absolute atomic E-state index is 11.8. The third-order valence-corrected chi connectivity index (χ3v) is 2.53. The second kappa shape index (κ2) is 5.01. The zero-order valence-electron chi connectivity index (χ0n) is 9.51. The number of amides is 1. The molecule has 0 saturated carbocycles. The van der Waals surface area contributed by atoms with Gasteiger partial charge in [0, 0.05) is 11.8 Å². The molecular formula is C12H10ClN3O2. The van der Waals surface area contributed by atoms with E-state index >= 15 is 0 Å². The SMILES string of the molecule is Cc1ccc(C(=O)Nc2nccc(Cl)n2)cc1O. The Kier molecular flexibility index (Phi) is 3.43. The number of carbonyl (C=O) groups is 1. The van der Waals surface area contributed by atoms with Crippen LogP contribution in [0.3, 0.4) is 0 Å². The van der Waals surface area contributed by atoms with Crippen molar-refractivity contribution < 1.29 is 9.90 Å². The van der Waals surface area contributed by atoms with Gasteiger partial charge >= 0.3 is 0 Å². The van der Waals surface area contributed by atoms with Crippen LogP contribution in [0.15, 0.2) is 30.5 Å². The number of aryl methyl sites for hydroxylation is 1. The normalized spacial score (nSPS) is 10.1. The molecule has 1 aromatic heterocycles. The number of nitrogens with zero attached hydrogens (tertiary/aromatic N) is 2. The van der Waals surface area contributed by atoms with E-state index in [2.05, 4.69) is 15.3 Å². The first-order chi connectivity index (χ1) is 8.56. The van der Waals surface area contributed by atoms with E-state index in [1.165, 1.54) is 18.3 Å². The van der Waals surface area contributed by atoms with Gasteiger partial charge in [-0.15, -0.1) is 0 Å². The Labute approximate surface area is 108 Å². The molecular weight excluding hydrogens is 254 g/mol. The number of aromatic hydroxyl groups is 1. The van der Waals surface area contributed by atoms with Crippen LogP contribution in [0.1, 0.15) is 15.9 Å². The van der Waals surface area contributed by atoms with Crippen molar-refractivity contribution in [2.75, 3.05) is 5.32 Å². The molecule has 18 heavy (non-hydrogen) atoms. The van der Waals surface area contributed by atoms with Gasteiger partial charge in [-0.3, -0.25) is 10.1 Å². The molecule has 92 valence electrons. The Hall–Kier alpha value is -2.14. The number of hydrogen-bond donors (Lipinski definition) is 2. The van der Waals surface area contributed by atoms with Gasteiger partial charge in [0.2, 0.25) is 5.95 Å². The molecule has 0 bridgehead atoms. The first kappa shape index (κ1) is 12.3. The largest absolute Gasteiger partial charge is 0.508 e. The van der Waals surface area contributed by atoms with Crippen LogP contribution in [0.4, 0.5) is 5.95 Å². The predicted molar refractivity (Wildman–Crippen MR) is 67.8 cm³/mol. The highest BCUT2D eigenvalue weighted by Crippen LogP contribution is 2.18. The molecule has 1 heterocycles. The number of hydrogen-bond acceptors (Lipinski definition) is 4. The van der Waals surface area contributed by atoms with E-state index in [0.717, 1.165) is 0 Å². The van der Waals surface area contributed by atoms with Gasteiger partial charge in [0.25, 0.3) is 5.91 Å². The lowest BCUT2D eigenvalue weighted by Crippen LogP contribution is -2.14. The molecule has 0 fully saturated rings. The van der Waals surface area contributed by atoms with Crippen molar-refractivity contribution in [3.05, 3.63) is 46.7 Å². The predicted octanol–water partition coefficient (Wildman–Crippen LogP) is 2.40. The van der Waals surface area contributed by atoms with Gasteiger partial charge in [-0.05, 0) is 30.7 Å². The van der Waals surface area contributed by atoms with E-state index < -0.39 is 5.91 Å². The Balaban J connectivity index is 2.19. The van der Waals surface area contributed by atoms with Crippen LogP contribution in [0.5, 0.6) is 5.75 Å². The number of carbonyl (C=O) groups excluding carboxylic acids is 1. The first-order valence-electron chi connectivity index (χ1n) is 5.16. The van der Waals surface area contributed by atoms with Gasteiger partial charge in [-0.1, -0.05) is 17.7 Å². The lowest BCUT2D eigenvalue weighted by Gasteiger charge is -2.05. The Bertz CT molecular complexity index is 602. The molecule has 2 aromatic rings. The number of phenols is 1. The average molecular weight is 264 g/mol. The van der Waals surface area contributed by atoms with Crippen molar-refractivity contribution in [1.82, 2.24) is 9.97 Å². The van der Waals surface area contributed by atoms with Gasteiger partial charge in [0.05, 0.1) is 0 Å². The fraction of sp³-hybridized carbons (Fsp3) is 0.0833. The van der Waals surface area contributed by atoms with Gasteiger partial charge in [0.15, 0.2) is 0 Å². The summed E-state index contributed by atoms with van der Waals surface area (Å²) in [5.74, 6) is -0.227. The summed E-state index contributed by atoms with van der Waals surface area (Å²) in [4.78, 5) is 19.5. The number of nitrogens with one attached hydrogen (secondary N) is 1. The topological polar surface area (TPSA) is 75.1 Å². The summed E-state index contributed by atoms with van der Waals surface area (Å²) in [5.41, 5.74) is 1.02.